The first-order valence-electron chi connectivity index (χ1n) is 4.88. The van der Waals surface area contributed by atoms with E-state index in [0.717, 1.165) is 31.0 Å². The lowest BCUT2D eigenvalue weighted by Crippen LogP contribution is -2.21. The van der Waals surface area contributed by atoms with Crippen LogP contribution in [0.25, 0.3) is 0 Å². The van der Waals surface area contributed by atoms with Crippen molar-refractivity contribution in [1.29, 1.82) is 0 Å². The first-order valence-corrected chi connectivity index (χ1v) is 5.26. The van der Waals surface area contributed by atoms with Crippen molar-refractivity contribution in [1.82, 2.24) is 9.97 Å². The standard InChI is InChI=1S/C9H14ClN3O/c1-2-7-11-8(10)9(12-7)13-4-3-6(14)5-13/h6,14H,2-5H2,1H3,(H,11,12). The largest absolute Gasteiger partial charge is 0.391 e. The third kappa shape index (κ3) is 1.72. The number of aromatic amines is 1. The second kappa shape index (κ2) is 3.79. The van der Waals surface area contributed by atoms with E-state index in [4.69, 9.17) is 11.6 Å². The number of halogens is 1. The number of hydrogen-bond acceptors (Lipinski definition) is 3. The van der Waals surface area contributed by atoms with Crippen molar-refractivity contribution in [3.8, 4) is 0 Å². The fourth-order valence-electron chi connectivity index (χ4n) is 1.70. The number of anilines is 1. The minimum atomic E-state index is -0.243. The van der Waals surface area contributed by atoms with Crippen molar-refractivity contribution in [2.75, 3.05) is 18.0 Å². The Bertz CT molecular complexity index is 326. The van der Waals surface area contributed by atoms with Crippen molar-refractivity contribution in [2.45, 2.75) is 25.9 Å². The number of hydrogen-bond donors (Lipinski definition) is 2. The summed E-state index contributed by atoms with van der Waals surface area (Å²) >= 11 is 6.01. The van der Waals surface area contributed by atoms with Crippen LogP contribution < -0.4 is 4.90 Å². The van der Waals surface area contributed by atoms with Gasteiger partial charge in [-0.05, 0) is 6.42 Å². The molecule has 0 aromatic carbocycles. The van der Waals surface area contributed by atoms with Crippen LogP contribution in [0.1, 0.15) is 19.2 Å². The zero-order valence-electron chi connectivity index (χ0n) is 8.13. The zero-order chi connectivity index (χ0) is 10.1. The van der Waals surface area contributed by atoms with E-state index in [-0.39, 0.29) is 6.10 Å². The molecule has 4 nitrogen and oxygen atoms in total. The molecule has 1 fully saturated rings. The molecular formula is C9H14ClN3O. The highest BCUT2D eigenvalue weighted by atomic mass is 35.5. The number of aromatic nitrogens is 2. The number of aliphatic hydroxyl groups is 1. The lowest BCUT2D eigenvalue weighted by molar-refractivity contribution is 0.198. The van der Waals surface area contributed by atoms with Crippen molar-refractivity contribution >= 4 is 17.4 Å². The minimum Gasteiger partial charge on any atom is -0.391 e. The molecule has 1 aliphatic rings. The van der Waals surface area contributed by atoms with E-state index in [2.05, 4.69) is 9.97 Å². The molecule has 1 aromatic heterocycles. The van der Waals surface area contributed by atoms with Gasteiger partial charge in [0.1, 0.15) is 5.82 Å². The Morgan fingerprint density at radius 3 is 3.00 bits per heavy atom. The van der Waals surface area contributed by atoms with Crippen molar-refractivity contribution in [2.24, 2.45) is 0 Å². The number of nitrogens with one attached hydrogen (secondary N) is 1. The quantitative estimate of drug-likeness (QED) is 0.780. The SMILES string of the molecule is CCc1nc(N2CCC(O)C2)c(Cl)[nH]1. The van der Waals surface area contributed by atoms with E-state index in [1.165, 1.54) is 0 Å². The van der Waals surface area contributed by atoms with Gasteiger partial charge in [0.15, 0.2) is 11.0 Å². The molecule has 1 aromatic rings. The van der Waals surface area contributed by atoms with Gasteiger partial charge >= 0.3 is 0 Å². The van der Waals surface area contributed by atoms with Gasteiger partial charge in [0.05, 0.1) is 6.10 Å². The van der Waals surface area contributed by atoms with Gasteiger partial charge < -0.3 is 15.0 Å². The molecular weight excluding hydrogens is 202 g/mol. The van der Waals surface area contributed by atoms with Crippen LogP contribution in [0.3, 0.4) is 0 Å². The summed E-state index contributed by atoms with van der Waals surface area (Å²) in [5.74, 6) is 1.67. The van der Waals surface area contributed by atoms with Gasteiger partial charge in [-0.15, -0.1) is 0 Å². The van der Waals surface area contributed by atoms with Crippen LogP contribution in [0.4, 0.5) is 5.82 Å². The van der Waals surface area contributed by atoms with E-state index in [1.807, 2.05) is 11.8 Å². The number of H-pyrrole nitrogens is 1. The van der Waals surface area contributed by atoms with Gasteiger partial charge in [-0.2, -0.15) is 0 Å². The molecule has 1 atom stereocenters. The van der Waals surface area contributed by atoms with Crippen LogP contribution in [0, 0.1) is 0 Å². The minimum absolute atomic E-state index is 0.243. The van der Waals surface area contributed by atoms with Crippen LogP contribution in [0.15, 0.2) is 0 Å². The average molecular weight is 216 g/mol. The summed E-state index contributed by atoms with van der Waals surface area (Å²) < 4.78 is 0. The van der Waals surface area contributed by atoms with Crippen molar-refractivity contribution in [3.05, 3.63) is 11.0 Å². The Balaban J connectivity index is 2.19. The number of rotatable bonds is 2. The lowest BCUT2D eigenvalue weighted by atomic mass is 10.3. The van der Waals surface area contributed by atoms with Crippen molar-refractivity contribution < 1.29 is 5.11 Å². The van der Waals surface area contributed by atoms with Gasteiger partial charge in [0.2, 0.25) is 0 Å². The zero-order valence-corrected chi connectivity index (χ0v) is 8.88. The second-order valence-electron chi connectivity index (χ2n) is 3.56. The molecule has 2 rings (SSSR count). The molecule has 0 bridgehead atoms. The smallest absolute Gasteiger partial charge is 0.166 e. The summed E-state index contributed by atoms with van der Waals surface area (Å²) in [5.41, 5.74) is 0. The highest BCUT2D eigenvalue weighted by Gasteiger charge is 2.24. The van der Waals surface area contributed by atoms with Gasteiger partial charge in [0, 0.05) is 19.5 Å². The van der Waals surface area contributed by atoms with Crippen LogP contribution in [-0.4, -0.2) is 34.3 Å². The topological polar surface area (TPSA) is 52.1 Å². The molecule has 1 saturated heterocycles. The third-order valence-electron chi connectivity index (χ3n) is 2.49. The Morgan fingerprint density at radius 1 is 1.71 bits per heavy atom. The molecule has 0 spiro atoms. The maximum absolute atomic E-state index is 9.39. The lowest BCUT2D eigenvalue weighted by Gasteiger charge is -2.14. The van der Waals surface area contributed by atoms with Crippen LogP contribution in [0.5, 0.6) is 0 Å². The molecule has 0 radical (unpaired) electrons. The summed E-state index contributed by atoms with van der Waals surface area (Å²) in [6.07, 6.45) is 1.40. The van der Waals surface area contributed by atoms with Crippen molar-refractivity contribution in [3.63, 3.8) is 0 Å². The molecule has 2 N–H and O–H groups in total. The molecule has 0 amide bonds. The Labute approximate surface area is 87.9 Å². The summed E-state index contributed by atoms with van der Waals surface area (Å²) in [4.78, 5) is 9.41. The molecule has 14 heavy (non-hydrogen) atoms. The van der Waals surface area contributed by atoms with E-state index < -0.39 is 0 Å². The van der Waals surface area contributed by atoms with Gasteiger partial charge in [0.25, 0.3) is 0 Å². The Morgan fingerprint density at radius 2 is 2.50 bits per heavy atom. The number of imidazole rings is 1. The number of β-amino-alcohol motifs (C(OH)–C–C–N with tert-alkyl or cyclic N) is 1. The fraction of sp³-hybridized carbons (Fsp3) is 0.667. The second-order valence-corrected chi connectivity index (χ2v) is 3.94. The highest BCUT2D eigenvalue weighted by Crippen LogP contribution is 2.26. The predicted octanol–water partition coefficient (Wildman–Crippen LogP) is 1.20. The maximum Gasteiger partial charge on any atom is 0.166 e. The first-order chi connectivity index (χ1) is 6.70. The Kier molecular flexibility index (Phi) is 2.65. The van der Waals surface area contributed by atoms with Crippen LogP contribution >= 0.6 is 11.6 Å². The van der Waals surface area contributed by atoms with E-state index in [0.29, 0.717) is 11.7 Å². The third-order valence-corrected chi connectivity index (χ3v) is 2.75. The molecule has 1 aliphatic heterocycles. The summed E-state index contributed by atoms with van der Waals surface area (Å²) in [6.45, 7) is 3.49. The summed E-state index contributed by atoms with van der Waals surface area (Å²) in [6, 6.07) is 0. The van der Waals surface area contributed by atoms with Gasteiger partial charge in [-0.25, -0.2) is 4.98 Å². The van der Waals surface area contributed by atoms with Gasteiger partial charge in [-0.3, -0.25) is 0 Å². The predicted molar refractivity (Wildman–Crippen MR) is 55.8 cm³/mol. The number of aryl methyl sites for hydroxylation is 1. The number of aliphatic hydroxyl groups excluding tert-OH is 1. The number of nitrogens with zero attached hydrogens (tertiary/aromatic N) is 2. The Hall–Kier alpha value is -0.740. The van der Waals surface area contributed by atoms with Crippen LogP contribution in [-0.2, 0) is 6.42 Å². The molecule has 2 heterocycles. The summed E-state index contributed by atoms with van der Waals surface area (Å²) in [7, 11) is 0. The van der Waals surface area contributed by atoms with E-state index in [9.17, 15) is 5.11 Å². The summed E-state index contributed by atoms with van der Waals surface area (Å²) in [5, 5.41) is 9.97. The van der Waals surface area contributed by atoms with Crippen LogP contribution in [0.2, 0.25) is 5.15 Å². The van der Waals surface area contributed by atoms with Gasteiger partial charge in [-0.1, -0.05) is 18.5 Å². The molecule has 0 saturated carbocycles. The maximum atomic E-state index is 9.39. The average Bonchev–Trinajstić information content (AvgIpc) is 2.71. The molecule has 1 unspecified atom stereocenters. The fourth-order valence-corrected chi connectivity index (χ4v) is 1.97. The first kappa shape index (κ1) is 9.80. The molecule has 5 heteroatoms. The highest BCUT2D eigenvalue weighted by molar-refractivity contribution is 6.31. The molecule has 0 aliphatic carbocycles. The van der Waals surface area contributed by atoms with E-state index in [1.54, 1.807) is 0 Å². The monoisotopic (exact) mass is 215 g/mol. The normalized spacial score (nSPS) is 21.9. The van der Waals surface area contributed by atoms with E-state index >= 15 is 0 Å². The molecule has 78 valence electrons.